The minimum atomic E-state index is -0.267. The number of rotatable bonds is 16. The molecule has 0 saturated carbocycles. The number of hydrogen-bond donors (Lipinski definition) is 2. The molecule has 0 amide bonds. The fourth-order valence-electron chi connectivity index (χ4n) is 1.88. The van der Waals surface area contributed by atoms with Gasteiger partial charge in [0, 0.05) is 34.8 Å². The molecule has 31 heavy (non-hydrogen) atoms. The average Bonchev–Trinajstić information content (AvgIpc) is 2.68. The maximum Gasteiger partial charge on any atom is 0.129 e. The van der Waals surface area contributed by atoms with Gasteiger partial charge in [-0.3, -0.25) is 10.6 Å². The maximum atomic E-state index is 4.54. The van der Waals surface area contributed by atoms with Crippen molar-refractivity contribution in [3.63, 3.8) is 0 Å². The molecule has 0 rings (SSSR count). The lowest BCUT2D eigenvalue weighted by Crippen LogP contribution is -2.39. The molecule has 2 unspecified atom stereocenters. The predicted molar refractivity (Wildman–Crippen MR) is 145 cm³/mol. The molecule has 2 atom stereocenters. The highest BCUT2D eigenvalue weighted by Crippen LogP contribution is 2.19. The molecule has 0 aliphatic rings. The summed E-state index contributed by atoms with van der Waals surface area (Å²) in [7, 11) is 0. The minimum Gasteiger partial charge on any atom is -0.283 e. The zero-order valence-electron chi connectivity index (χ0n) is 21.7. The number of thioether (sulfide) groups is 3. The van der Waals surface area contributed by atoms with Crippen LogP contribution in [0.3, 0.4) is 0 Å². The van der Waals surface area contributed by atoms with Crippen molar-refractivity contribution < 1.29 is 0 Å². The van der Waals surface area contributed by atoms with E-state index in [1.165, 1.54) is 11.5 Å². The highest BCUT2D eigenvalue weighted by molar-refractivity contribution is 8.04. The molecular formula is C22H48N6S3. The van der Waals surface area contributed by atoms with E-state index >= 15 is 0 Å². The standard InChI is InChI=1S/C22H48N6S3/c1-11-21(9,27-25-19(3,4)5)23-17-30-15-13-29-14-16-31-18-24-22(10,12-2)28-26-20(6,7)8/h23-24H,11-18H2,1-10H3. The fourth-order valence-corrected chi connectivity index (χ4v) is 5.08. The first-order valence-electron chi connectivity index (χ1n) is 11.4. The van der Waals surface area contributed by atoms with Gasteiger partial charge in [0.25, 0.3) is 0 Å². The molecule has 0 bridgehead atoms. The van der Waals surface area contributed by atoms with Crippen LogP contribution in [0, 0.1) is 0 Å². The molecule has 184 valence electrons. The van der Waals surface area contributed by atoms with E-state index in [1.54, 1.807) is 0 Å². The van der Waals surface area contributed by atoms with Crippen molar-refractivity contribution in [3.05, 3.63) is 0 Å². The third-order valence-electron chi connectivity index (χ3n) is 4.37. The molecule has 0 aromatic heterocycles. The molecule has 0 fully saturated rings. The Balaban J connectivity index is 3.86. The smallest absolute Gasteiger partial charge is 0.129 e. The largest absolute Gasteiger partial charge is 0.283 e. The van der Waals surface area contributed by atoms with E-state index in [1.807, 2.05) is 35.3 Å². The van der Waals surface area contributed by atoms with Crippen molar-refractivity contribution in [2.75, 3.05) is 34.8 Å². The summed E-state index contributed by atoms with van der Waals surface area (Å²) in [6, 6.07) is 0. The second kappa shape index (κ2) is 15.1. The zero-order chi connectivity index (χ0) is 24.0. The Morgan fingerprint density at radius 1 is 0.516 bits per heavy atom. The molecule has 0 heterocycles. The van der Waals surface area contributed by atoms with Gasteiger partial charge in [-0.1, -0.05) is 13.8 Å². The lowest BCUT2D eigenvalue weighted by molar-refractivity contribution is 0.344. The van der Waals surface area contributed by atoms with E-state index in [9.17, 15) is 0 Å². The van der Waals surface area contributed by atoms with Crippen molar-refractivity contribution in [1.82, 2.24) is 10.6 Å². The second-order valence-electron chi connectivity index (χ2n) is 10.1. The molecule has 0 aromatic rings. The summed E-state index contributed by atoms with van der Waals surface area (Å²) in [6.07, 6.45) is 1.86. The Morgan fingerprint density at radius 2 is 0.839 bits per heavy atom. The predicted octanol–water partition coefficient (Wildman–Crippen LogP) is 7.03. The molecule has 0 aliphatic heterocycles. The normalized spacial score (nSPS) is 17.4. The summed E-state index contributed by atoms with van der Waals surface area (Å²) in [5.74, 6) is 6.48. The van der Waals surface area contributed by atoms with Crippen LogP contribution in [0.5, 0.6) is 0 Å². The quantitative estimate of drug-likeness (QED) is 0.137. The Morgan fingerprint density at radius 3 is 1.13 bits per heavy atom. The summed E-state index contributed by atoms with van der Waals surface area (Å²) in [6.45, 7) is 21.0. The van der Waals surface area contributed by atoms with Gasteiger partial charge < -0.3 is 0 Å². The summed E-state index contributed by atoms with van der Waals surface area (Å²) < 4.78 is 0. The molecule has 0 radical (unpaired) electrons. The van der Waals surface area contributed by atoms with Crippen LogP contribution in [0.1, 0.15) is 82.1 Å². The van der Waals surface area contributed by atoms with Gasteiger partial charge >= 0.3 is 0 Å². The maximum absolute atomic E-state index is 4.54. The topological polar surface area (TPSA) is 73.5 Å². The zero-order valence-corrected chi connectivity index (χ0v) is 24.1. The Kier molecular flexibility index (Phi) is 15.2. The number of azo groups is 2. The lowest BCUT2D eigenvalue weighted by Gasteiger charge is -2.25. The van der Waals surface area contributed by atoms with Gasteiger partial charge in [-0.05, 0) is 68.2 Å². The van der Waals surface area contributed by atoms with Crippen LogP contribution in [0.15, 0.2) is 20.5 Å². The first-order valence-corrected chi connectivity index (χ1v) is 14.8. The lowest BCUT2D eigenvalue weighted by atomic mass is 10.1. The second-order valence-corrected chi connectivity index (χ2v) is 13.5. The molecule has 0 spiro atoms. The average molecular weight is 493 g/mol. The van der Waals surface area contributed by atoms with Crippen molar-refractivity contribution in [2.45, 2.75) is 104 Å². The molecule has 2 N–H and O–H groups in total. The van der Waals surface area contributed by atoms with Crippen molar-refractivity contribution in [1.29, 1.82) is 0 Å². The molecule has 0 saturated heterocycles. The van der Waals surface area contributed by atoms with Crippen LogP contribution in [-0.2, 0) is 0 Å². The van der Waals surface area contributed by atoms with Gasteiger partial charge in [-0.2, -0.15) is 32.2 Å². The highest BCUT2D eigenvalue weighted by atomic mass is 32.2. The summed E-state index contributed by atoms with van der Waals surface area (Å²) in [5.41, 5.74) is -0.783. The molecular weight excluding hydrogens is 444 g/mol. The summed E-state index contributed by atoms with van der Waals surface area (Å²) in [5, 5.41) is 25.0. The number of nitrogens with zero attached hydrogens (tertiary/aromatic N) is 4. The van der Waals surface area contributed by atoms with Crippen LogP contribution >= 0.6 is 35.3 Å². The van der Waals surface area contributed by atoms with Crippen LogP contribution in [-0.4, -0.2) is 57.2 Å². The van der Waals surface area contributed by atoms with Crippen LogP contribution in [0.25, 0.3) is 0 Å². The van der Waals surface area contributed by atoms with E-state index in [4.69, 9.17) is 0 Å². The van der Waals surface area contributed by atoms with Gasteiger partial charge in [0.1, 0.15) is 11.3 Å². The van der Waals surface area contributed by atoms with Gasteiger partial charge in [0.05, 0.1) is 11.1 Å². The van der Waals surface area contributed by atoms with Gasteiger partial charge in [0.2, 0.25) is 0 Å². The van der Waals surface area contributed by atoms with Crippen LogP contribution in [0.2, 0.25) is 0 Å². The van der Waals surface area contributed by atoms with Gasteiger partial charge in [-0.15, -0.1) is 23.5 Å². The van der Waals surface area contributed by atoms with E-state index < -0.39 is 0 Å². The summed E-state index contributed by atoms with van der Waals surface area (Å²) in [4.78, 5) is 0. The van der Waals surface area contributed by atoms with Crippen molar-refractivity contribution in [2.24, 2.45) is 20.5 Å². The van der Waals surface area contributed by atoms with Crippen LogP contribution in [0.4, 0.5) is 0 Å². The number of nitrogens with one attached hydrogen (secondary N) is 2. The first-order chi connectivity index (χ1) is 14.2. The summed E-state index contributed by atoms with van der Waals surface area (Å²) >= 11 is 5.90. The van der Waals surface area contributed by atoms with E-state index in [0.29, 0.717) is 0 Å². The van der Waals surface area contributed by atoms with Crippen LogP contribution < -0.4 is 10.6 Å². The Bertz CT molecular complexity index is 484. The Labute approximate surface area is 205 Å². The monoisotopic (exact) mass is 492 g/mol. The molecule has 0 aliphatic carbocycles. The molecule has 0 aromatic carbocycles. The fraction of sp³-hybridized carbons (Fsp3) is 1.00. The van der Waals surface area contributed by atoms with E-state index in [-0.39, 0.29) is 22.4 Å². The minimum absolute atomic E-state index is 0.124. The third kappa shape index (κ3) is 18.3. The van der Waals surface area contributed by atoms with E-state index in [2.05, 4.69) is 100 Å². The highest BCUT2D eigenvalue weighted by Gasteiger charge is 2.22. The third-order valence-corrected chi connectivity index (χ3v) is 7.56. The van der Waals surface area contributed by atoms with Gasteiger partial charge in [0.15, 0.2) is 0 Å². The van der Waals surface area contributed by atoms with Crippen molar-refractivity contribution >= 4 is 35.3 Å². The Hall–Kier alpha value is 0.170. The van der Waals surface area contributed by atoms with Gasteiger partial charge in [-0.25, -0.2) is 0 Å². The molecule has 9 heteroatoms. The van der Waals surface area contributed by atoms with E-state index in [0.717, 1.165) is 36.1 Å². The first kappa shape index (κ1) is 31.2. The SMILES string of the molecule is CCC(C)(N=NC(C)(C)C)NCSCCSCCSCNC(C)(CC)N=NC(C)(C)C. The van der Waals surface area contributed by atoms with Crippen molar-refractivity contribution in [3.8, 4) is 0 Å². The molecule has 6 nitrogen and oxygen atoms in total. The number of hydrogen-bond acceptors (Lipinski definition) is 9.